The summed E-state index contributed by atoms with van der Waals surface area (Å²) in [4.78, 5) is 33.4. The minimum Gasteiger partial charge on any atom is -0.497 e. The summed E-state index contributed by atoms with van der Waals surface area (Å²) in [6.45, 7) is 0.331. The molecule has 0 aliphatic carbocycles. The molecule has 178 valence electrons. The zero-order chi connectivity index (χ0) is 24.2. The smallest absolute Gasteiger partial charge is 0.227 e. The number of carbonyl (C=O) groups is 2. The summed E-state index contributed by atoms with van der Waals surface area (Å²) in [5.74, 6) is 1.15. The van der Waals surface area contributed by atoms with E-state index in [9.17, 15) is 9.59 Å². The molecule has 9 heteroatoms. The molecule has 2 aromatic carbocycles. The van der Waals surface area contributed by atoms with Crippen LogP contribution < -0.4 is 19.7 Å². The molecule has 0 radical (unpaired) electrons. The van der Waals surface area contributed by atoms with Crippen LogP contribution in [0.25, 0.3) is 0 Å². The predicted molar refractivity (Wildman–Crippen MR) is 131 cm³/mol. The van der Waals surface area contributed by atoms with Crippen LogP contribution in [0.4, 0.5) is 5.69 Å². The van der Waals surface area contributed by atoms with Crippen LogP contribution in [0.3, 0.4) is 0 Å². The third-order valence-corrected chi connectivity index (χ3v) is 6.70. The number of imidazole rings is 1. The second-order valence-corrected chi connectivity index (χ2v) is 8.97. The Morgan fingerprint density at radius 1 is 1.18 bits per heavy atom. The minimum absolute atomic E-state index is 0.0602. The van der Waals surface area contributed by atoms with Gasteiger partial charge in [0.15, 0.2) is 0 Å². The van der Waals surface area contributed by atoms with Crippen LogP contribution in [0.5, 0.6) is 11.5 Å². The fourth-order valence-corrected chi connectivity index (χ4v) is 4.57. The number of nitrogens with zero attached hydrogens (tertiary/aromatic N) is 3. The number of rotatable bonds is 8. The maximum Gasteiger partial charge on any atom is 0.227 e. The summed E-state index contributed by atoms with van der Waals surface area (Å²) in [6.07, 6.45) is 5.66. The summed E-state index contributed by atoms with van der Waals surface area (Å²) in [5.41, 5.74) is 1.58. The maximum atomic E-state index is 13.4. The molecule has 34 heavy (non-hydrogen) atoms. The normalized spacial score (nSPS) is 16.4. The SMILES string of the molecule is COc1cc(OC)cc([C@H](NC(=O)[C@H]2CC(=O)N(c3cccc(SC)c3)C2)c2nccn2C)c1. The Labute approximate surface area is 203 Å². The number of thioether (sulfide) groups is 1. The Morgan fingerprint density at radius 3 is 2.53 bits per heavy atom. The molecule has 1 aliphatic heterocycles. The van der Waals surface area contributed by atoms with Gasteiger partial charge in [0.05, 0.1) is 20.1 Å². The van der Waals surface area contributed by atoms with Crippen LogP contribution in [-0.2, 0) is 16.6 Å². The lowest BCUT2D eigenvalue weighted by molar-refractivity contribution is -0.126. The number of benzene rings is 2. The zero-order valence-corrected chi connectivity index (χ0v) is 20.5. The van der Waals surface area contributed by atoms with Crippen molar-refractivity contribution in [1.82, 2.24) is 14.9 Å². The van der Waals surface area contributed by atoms with Gasteiger partial charge in [-0.3, -0.25) is 9.59 Å². The number of ether oxygens (including phenoxy) is 2. The Morgan fingerprint density at radius 2 is 1.91 bits per heavy atom. The van der Waals surface area contributed by atoms with Gasteiger partial charge in [-0.15, -0.1) is 11.8 Å². The molecule has 0 spiro atoms. The highest BCUT2D eigenvalue weighted by molar-refractivity contribution is 7.98. The van der Waals surface area contributed by atoms with Crippen molar-refractivity contribution in [1.29, 1.82) is 0 Å². The highest BCUT2D eigenvalue weighted by atomic mass is 32.2. The van der Waals surface area contributed by atoms with Gasteiger partial charge < -0.3 is 24.3 Å². The van der Waals surface area contributed by atoms with Crippen molar-refractivity contribution < 1.29 is 19.1 Å². The lowest BCUT2D eigenvalue weighted by Crippen LogP contribution is -2.37. The van der Waals surface area contributed by atoms with Gasteiger partial charge in [-0.1, -0.05) is 6.07 Å². The molecule has 1 aromatic heterocycles. The molecular formula is C25H28N4O4S. The number of nitrogens with one attached hydrogen (secondary N) is 1. The number of anilines is 1. The summed E-state index contributed by atoms with van der Waals surface area (Å²) in [5, 5.41) is 3.12. The summed E-state index contributed by atoms with van der Waals surface area (Å²) in [7, 11) is 5.04. The van der Waals surface area contributed by atoms with Crippen LogP contribution in [-0.4, -0.2) is 48.4 Å². The molecule has 1 saturated heterocycles. The first-order valence-corrected chi connectivity index (χ1v) is 12.1. The Kier molecular flexibility index (Phi) is 7.12. The quantitative estimate of drug-likeness (QED) is 0.498. The van der Waals surface area contributed by atoms with E-state index in [0.717, 1.165) is 16.1 Å². The second kappa shape index (κ2) is 10.2. The molecule has 1 fully saturated rings. The van der Waals surface area contributed by atoms with E-state index in [2.05, 4.69) is 10.3 Å². The van der Waals surface area contributed by atoms with E-state index in [4.69, 9.17) is 9.47 Å². The van der Waals surface area contributed by atoms with Gasteiger partial charge in [0, 0.05) is 49.1 Å². The lowest BCUT2D eigenvalue weighted by Gasteiger charge is -2.22. The third kappa shape index (κ3) is 4.89. The van der Waals surface area contributed by atoms with Gasteiger partial charge in [0.25, 0.3) is 0 Å². The Bertz CT molecular complexity index is 1170. The zero-order valence-electron chi connectivity index (χ0n) is 19.6. The van der Waals surface area contributed by atoms with E-state index in [1.807, 2.05) is 60.5 Å². The molecule has 8 nitrogen and oxygen atoms in total. The molecule has 3 aromatic rings. The van der Waals surface area contributed by atoms with Gasteiger partial charge >= 0.3 is 0 Å². The van der Waals surface area contributed by atoms with Crippen LogP contribution in [0.1, 0.15) is 23.9 Å². The fraction of sp³-hybridized carbons (Fsp3) is 0.320. The molecule has 0 unspecified atom stereocenters. The first-order chi connectivity index (χ1) is 16.4. The number of aromatic nitrogens is 2. The number of hydrogen-bond donors (Lipinski definition) is 1. The van der Waals surface area contributed by atoms with Crippen molar-refractivity contribution in [3.63, 3.8) is 0 Å². The van der Waals surface area contributed by atoms with E-state index >= 15 is 0 Å². The molecule has 4 rings (SSSR count). The lowest BCUT2D eigenvalue weighted by atomic mass is 10.0. The number of hydrogen-bond acceptors (Lipinski definition) is 6. The highest BCUT2D eigenvalue weighted by Gasteiger charge is 2.36. The number of methoxy groups -OCH3 is 2. The largest absolute Gasteiger partial charge is 0.497 e. The summed E-state index contributed by atoms with van der Waals surface area (Å²) in [6, 6.07) is 12.7. The van der Waals surface area contributed by atoms with Gasteiger partial charge in [0.1, 0.15) is 23.4 Å². The third-order valence-electron chi connectivity index (χ3n) is 5.97. The van der Waals surface area contributed by atoms with E-state index in [-0.39, 0.29) is 18.2 Å². The van der Waals surface area contributed by atoms with E-state index < -0.39 is 12.0 Å². The monoisotopic (exact) mass is 480 g/mol. The molecule has 2 amide bonds. The predicted octanol–water partition coefficient (Wildman–Crippen LogP) is 3.42. The maximum absolute atomic E-state index is 13.4. The van der Waals surface area contributed by atoms with Crippen LogP contribution in [0.2, 0.25) is 0 Å². The van der Waals surface area contributed by atoms with Crippen molar-refractivity contribution in [3.8, 4) is 11.5 Å². The van der Waals surface area contributed by atoms with E-state index in [1.54, 1.807) is 43.1 Å². The van der Waals surface area contributed by atoms with Gasteiger partial charge in [-0.25, -0.2) is 4.98 Å². The molecule has 1 aliphatic rings. The van der Waals surface area contributed by atoms with Gasteiger partial charge in [-0.2, -0.15) is 0 Å². The van der Waals surface area contributed by atoms with Crippen molar-refractivity contribution in [3.05, 3.63) is 66.2 Å². The molecule has 0 bridgehead atoms. The summed E-state index contributed by atoms with van der Waals surface area (Å²) < 4.78 is 12.7. The summed E-state index contributed by atoms with van der Waals surface area (Å²) >= 11 is 1.61. The average Bonchev–Trinajstić information content (AvgIpc) is 3.47. The van der Waals surface area contributed by atoms with Crippen LogP contribution in [0.15, 0.2) is 59.8 Å². The molecule has 2 heterocycles. The standard InChI is InChI=1S/C25H28N4O4S/c1-28-9-8-26-24(28)23(16-10-19(32-2)14-20(11-16)33-3)27-25(31)17-12-22(30)29(15-17)18-6-5-7-21(13-18)34-4/h5-11,13-14,17,23H,12,15H2,1-4H3,(H,27,31)/t17-,23-/m0/s1. The van der Waals surface area contributed by atoms with Gasteiger partial charge in [0.2, 0.25) is 11.8 Å². The fourth-order valence-electron chi connectivity index (χ4n) is 4.12. The second-order valence-electron chi connectivity index (χ2n) is 8.09. The average molecular weight is 481 g/mol. The van der Waals surface area contributed by atoms with E-state index in [1.165, 1.54) is 0 Å². The molecule has 0 saturated carbocycles. The minimum atomic E-state index is -0.541. The van der Waals surface area contributed by atoms with Crippen molar-refractivity contribution in [2.24, 2.45) is 13.0 Å². The van der Waals surface area contributed by atoms with Gasteiger partial charge in [-0.05, 0) is 42.2 Å². The Hall–Kier alpha value is -3.46. The van der Waals surface area contributed by atoms with Crippen LogP contribution >= 0.6 is 11.8 Å². The molecule has 1 N–H and O–H groups in total. The van der Waals surface area contributed by atoms with E-state index in [0.29, 0.717) is 23.9 Å². The van der Waals surface area contributed by atoms with Crippen molar-refractivity contribution in [2.75, 3.05) is 31.9 Å². The van der Waals surface area contributed by atoms with Crippen molar-refractivity contribution >= 4 is 29.3 Å². The van der Waals surface area contributed by atoms with Crippen LogP contribution in [0, 0.1) is 5.92 Å². The topological polar surface area (TPSA) is 85.7 Å². The van der Waals surface area contributed by atoms with Crippen molar-refractivity contribution in [2.45, 2.75) is 17.4 Å². The Balaban J connectivity index is 1.59. The number of aryl methyl sites for hydroxylation is 1. The first kappa shape index (κ1) is 23.7. The highest BCUT2D eigenvalue weighted by Crippen LogP contribution is 2.32. The number of amides is 2. The molecular weight excluding hydrogens is 452 g/mol. The molecule has 2 atom stereocenters. The first-order valence-electron chi connectivity index (χ1n) is 10.9. The number of carbonyl (C=O) groups excluding carboxylic acids is 2.